The van der Waals surface area contributed by atoms with Gasteiger partial charge in [-0.1, -0.05) is 38.4 Å². The third-order valence-electron chi connectivity index (χ3n) is 7.03. The monoisotopic (exact) mass is 524 g/mol. The second-order valence-corrected chi connectivity index (χ2v) is 11.6. The number of benzene rings is 1. The number of amides is 1. The zero-order valence-corrected chi connectivity index (χ0v) is 22.5. The van der Waals surface area contributed by atoms with Crippen LogP contribution in [0.1, 0.15) is 63.3 Å². The van der Waals surface area contributed by atoms with Gasteiger partial charge >= 0.3 is 6.09 Å². The Balaban J connectivity index is 1.24. The standard InChI is InChI=1S/C27H33ClN6O3/c1-17-24(9-18-5-6-19(12-23(18)28)33-16-29-14-32-33)30-15-31-25(17)37-22-10-20-7-8-21(11-22)34(20)26(35)36-13-27(2,3)4/h5-6,12,14-16,20-22H,7-11,13H2,1-4H3. The van der Waals surface area contributed by atoms with Crippen molar-refractivity contribution >= 4 is 17.7 Å². The van der Waals surface area contributed by atoms with Crippen LogP contribution in [0.25, 0.3) is 5.69 Å². The van der Waals surface area contributed by atoms with E-state index in [0.29, 0.717) is 23.9 Å². The van der Waals surface area contributed by atoms with E-state index in [1.807, 2.05) is 30.0 Å². The van der Waals surface area contributed by atoms with E-state index in [1.54, 1.807) is 17.3 Å². The van der Waals surface area contributed by atoms with Gasteiger partial charge in [0.25, 0.3) is 0 Å². The molecule has 10 heteroatoms. The molecule has 0 saturated carbocycles. The van der Waals surface area contributed by atoms with Crippen LogP contribution in [0.5, 0.6) is 5.88 Å². The SMILES string of the molecule is Cc1c(Cc2ccc(-n3cncn3)cc2Cl)ncnc1OC1CC2CCC(C1)N2C(=O)OCC(C)(C)C. The van der Waals surface area contributed by atoms with E-state index in [2.05, 4.69) is 40.8 Å². The topological polar surface area (TPSA) is 95.3 Å². The minimum Gasteiger partial charge on any atom is -0.474 e. The Labute approximate surface area is 222 Å². The highest BCUT2D eigenvalue weighted by molar-refractivity contribution is 6.31. The molecule has 2 fully saturated rings. The van der Waals surface area contributed by atoms with Crippen LogP contribution in [0.2, 0.25) is 5.02 Å². The normalized spacial score (nSPS) is 21.2. The van der Waals surface area contributed by atoms with E-state index in [-0.39, 0.29) is 29.7 Å². The molecule has 2 saturated heterocycles. The number of piperidine rings is 1. The molecular formula is C27H33ClN6O3. The predicted molar refractivity (Wildman–Crippen MR) is 139 cm³/mol. The van der Waals surface area contributed by atoms with E-state index in [4.69, 9.17) is 21.1 Å². The molecule has 5 rings (SSSR count). The lowest BCUT2D eigenvalue weighted by Gasteiger charge is -2.38. The first-order valence-corrected chi connectivity index (χ1v) is 13.1. The molecule has 2 aliphatic heterocycles. The van der Waals surface area contributed by atoms with Gasteiger partial charge in [-0.3, -0.25) is 0 Å². The van der Waals surface area contributed by atoms with Gasteiger partial charge < -0.3 is 14.4 Å². The molecule has 3 aromatic rings. The number of ether oxygens (including phenoxy) is 2. The number of aromatic nitrogens is 5. The van der Waals surface area contributed by atoms with Crippen molar-refractivity contribution < 1.29 is 14.3 Å². The molecule has 2 unspecified atom stereocenters. The van der Waals surface area contributed by atoms with Gasteiger partial charge in [-0.15, -0.1) is 0 Å². The Morgan fingerprint density at radius 3 is 2.54 bits per heavy atom. The van der Waals surface area contributed by atoms with Crippen molar-refractivity contribution in [3.63, 3.8) is 0 Å². The number of carbonyl (C=O) groups is 1. The Bertz CT molecular complexity index is 1250. The highest BCUT2D eigenvalue weighted by Crippen LogP contribution is 2.38. The van der Waals surface area contributed by atoms with Crippen molar-refractivity contribution in [1.29, 1.82) is 0 Å². The van der Waals surface area contributed by atoms with Crippen LogP contribution < -0.4 is 4.74 Å². The molecule has 0 aliphatic carbocycles. The smallest absolute Gasteiger partial charge is 0.410 e. The molecule has 37 heavy (non-hydrogen) atoms. The molecule has 2 aliphatic rings. The van der Waals surface area contributed by atoms with Crippen LogP contribution in [0.3, 0.4) is 0 Å². The molecule has 0 spiro atoms. The second-order valence-electron chi connectivity index (χ2n) is 11.2. The lowest BCUT2D eigenvalue weighted by atomic mass is 9.98. The molecule has 9 nitrogen and oxygen atoms in total. The van der Waals surface area contributed by atoms with Gasteiger partial charge in [0, 0.05) is 41.9 Å². The first kappa shape index (κ1) is 25.4. The van der Waals surface area contributed by atoms with Crippen LogP contribution in [0, 0.1) is 12.3 Å². The maximum atomic E-state index is 12.8. The summed E-state index contributed by atoms with van der Waals surface area (Å²) >= 11 is 6.59. The second kappa shape index (κ2) is 10.3. The van der Waals surface area contributed by atoms with Gasteiger partial charge in [0.15, 0.2) is 0 Å². The zero-order valence-electron chi connectivity index (χ0n) is 21.7. The Morgan fingerprint density at radius 2 is 1.89 bits per heavy atom. The summed E-state index contributed by atoms with van der Waals surface area (Å²) in [5.41, 5.74) is 3.52. The van der Waals surface area contributed by atoms with Gasteiger partial charge in [0.05, 0.1) is 18.0 Å². The third kappa shape index (κ3) is 5.71. The number of rotatable bonds is 6. The fraction of sp³-hybridized carbons (Fsp3) is 0.519. The fourth-order valence-corrected chi connectivity index (χ4v) is 5.38. The molecule has 196 valence electrons. The molecule has 2 atom stereocenters. The van der Waals surface area contributed by atoms with Crippen molar-refractivity contribution in [3.05, 3.63) is 59.0 Å². The van der Waals surface area contributed by atoms with E-state index in [1.165, 1.54) is 6.33 Å². The highest BCUT2D eigenvalue weighted by atomic mass is 35.5. The number of hydrogen-bond acceptors (Lipinski definition) is 7. The van der Waals surface area contributed by atoms with E-state index < -0.39 is 0 Å². The number of fused-ring (bicyclic) bond motifs is 2. The summed E-state index contributed by atoms with van der Waals surface area (Å²) in [6, 6.07) is 6.09. The maximum Gasteiger partial charge on any atom is 0.410 e. The molecule has 0 radical (unpaired) electrons. The molecule has 0 N–H and O–H groups in total. The number of halogens is 1. The van der Waals surface area contributed by atoms with Gasteiger partial charge in [-0.25, -0.2) is 24.4 Å². The third-order valence-corrected chi connectivity index (χ3v) is 7.38. The van der Waals surface area contributed by atoms with Gasteiger partial charge in [0.2, 0.25) is 5.88 Å². The van der Waals surface area contributed by atoms with E-state index in [9.17, 15) is 4.79 Å². The minimum atomic E-state index is -0.201. The Kier molecular flexibility index (Phi) is 7.07. The van der Waals surface area contributed by atoms with Gasteiger partial charge in [-0.05, 0) is 42.9 Å². The molecule has 4 heterocycles. The van der Waals surface area contributed by atoms with Gasteiger partial charge in [-0.2, -0.15) is 5.10 Å². The van der Waals surface area contributed by atoms with Crippen LogP contribution >= 0.6 is 11.6 Å². The van der Waals surface area contributed by atoms with Crippen molar-refractivity contribution in [2.24, 2.45) is 5.41 Å². The average molecular weight is 525 g/mol. The first-order chi connectivity index (χ1) is 17.7. The van der Waals surface area contributed by atoms with Crippen molar-refractivity contribution in [2.75, 3.05) is 6.61 Å². The fourth-order valence-electron chi connectivity index (χ4n) is 5.14. The van der Waals surface area contributed by atoms with Crippen molar-refractivity contribution in [3.8, 4) is 11.6 Å². The Hall–Kier alpha value is -3.20. The summed E-state index contributed by atoms with van der Waals surface area (Å²) in [7, 11) is 0. The van der Waals surface area contributed by atoms with Crippen LogP contribution in [0.15, 0.2) is 37.2 Å². The maximum absolute atomic E-state index is 12.8. The lowest BCUT2D eigenvalue weighted by Crippen LogP contribution is -2.49. The van der Waals surface area contributed by atoms with Crippen LogP contribution in [-0.2, 0) is 11.2 Å². The predicted octanol–water partition coefficient (Wildman–Crippen LogP) is 5.17. The minimum absolute atomic E-state index is 0.00355. The summed E-state index contributed by atoms with van der Waals surface area (Å²) in [5, 5.41) is 4.79. The summed E-state index contributed by atoms with van der Waals surface area (Å²) in [4.78, 5) is 27.7. The summed E-state index contributed by atoms with van der Waals surface area (Å²) in [6.07, 6.45) is 8.53. The zero-order chi connectivity index (χ0) is 26.2. The van der Waals surface area contributed by atoms with Crippen molar-refractivity contribution in [1.82, 2.24) is 29.6 Å². The lowest BCUT2D eigenvalue weighted by molar-refractivity contribution is 0.0202. The van der Waals surface area contributed by atoms with E-state index >= 15 is 0 Å². The Morgan fingerprint density at radius 1 is 1.14 bits per heavy atom. The molecular weight excluding hydrogens is 492 g/mol. The highest BCUT2D eigenvalue weighted by Gasteiger charge is 2.45. The summed E-state index contributed by atoms with van der Waals surface area (Å²) < 4.78 is 13.7. The van der Waals surface area contributed by atoms with Crippen LogP contribution in [0.4, 0.5) is 4.79 Å². The molecule has 1 aromatic carbocycles. The van der Waals surface area contributed by atoms with Gasteiger partial charge in [0.1, 0.15) is 25.1 Å². The quantitative estimate of drug-likeness (QED) is 0.439. The number of hydrogen-bond donors (Lipinski definition) is 0. The average Bonchev–Trinajstić information content (AvgIpc) is 3.47. The molecule has 2 aromatic heterocycles. The molecule has 2 bridgehead atoms. The number of nitrogens with zero attached hydrogens (tertiary/aromatic N) is 6. The molecule has 1 amide bonds. The van der Waals surface area contributed by atoms with E-state index in [0.717, 1.165) is 48.2 Å². The number of carbonyl (C=O) groups excluding carboxylic acids is 1. The van der Waals surface area contributed by atoms with Crippen molar-refractivity contribution in [2.45, 2.75) is 78.0 Å². The summed E-state index contributed by atoms with van der Waals surface area (Å²) in [5.74, 6) is 0.591. The van der Waals surface area contributed by atoms with Crippen LogP contribution in [-0.4, -0.2) is 60.5 Å². The summed E-state index contributed by atoms with van der Waals surface area (Å²) in [6.45, 7) is 8.59. The first-order valence-electron chi connectivity index (χ1n) is 12.7. The largest absolute Gasteiger partial charge is 0.474 e.